The molecule has 0 aliphatic rings. The highest BCUT2D eigenvalue weighted by molar-refractivity contribution is 9.10. The smallest absolute Gasteiger partial charge is 0.0783 e. The first kappa shape index (κ1) is 11.3. The van der Waals surface area contributed by atoms with Crippen molar-refractivity contribution < 1.29 is 0 Å². The molecular formula is C11H13BrN4. The number of rotatable bonds is 4. The highest BCUT2D eigenvalue weighted by Gasteiger charge is 2.05. The van der Waals surface area contributed by atoms with Gasteiger partial charge in [0.25, 0.3) is 0 Å². The summed E-state index contributed by atoms with van der Waals surface area (Å²) in [4.78, 5) is 0. The van der Waals surface area contributed by atoms with Crippen molar-refractivity contribution >= 4 is 15.9 Å². The average molecular weight is 281 g/mol. The first-order chi connectivity index (χ1) is 7.81. The summed E-state index contributed by atoms with van der Waals surface area (Å²) >= 11 is 3.45. The van der Waals surface area contributed by atoms with E-state index in [0.717, 1.165) is 28.9 Å². The maximum atomic E-state index is 4.09. The monoisotopic (exact) mass is 280 g/mol. The number of hydrogen-bond acceptors (Lipinski definition) is 3. The van der Waals surface area contributed by atoms with Gasteiger partial charge in [0.15, 0.2) is 0 Å². The molecule has 5 heteroatoms. The number of hydrogen-bond donors (Lipinski definition) is 1. The molecule has 2 rings (SSSR count). The van der Waals surface area contributed by atoms with E-state index in [1.807, 2.05) is 28.9 Å². The summed E-state index contributed by atoms with van der Waals surface area (Å²) in [5.74, 6) is 0. The topological polar surface area (TPSA) is 42.7 Å². The lowest BCUT2D eigenvalue weighted by Gasteiger charge is -2.06. The average Bonchev–Trinajstić information content (AvgIpc) is 2.74. The van der Waals surface area contributed by atoms with Crippen molar-refractivity contribution in [3.63, 3.8) is 0 Å². The minimum Gasteiger partial charge on any atom is -0.311 e. The van der Waals surface area contributed by atoms with Gasteiger partial charge in [-0.3, -0.25) is 0 Å². The van der Waals surface area contributed by atoms with E-state index in [0.29, 0.717) is 0 Å². The first-order valence-electron chi connectivity index (χ1n) is 5.17. The highest BCUT2D eigenvalue weighted by Crippen LogP contribution is 2.15. The molecule has 0 fully saturated rings. The zero-order valence-electron chi connectivity index (χ0n) is 9.02. The Morgan fingerprint density at radius 3 is 3.06 bits per heavy atom. The predicted octanol–water partition coefficient (Wildman–Crippen LogP) is 2.14. The Hall–Kier alpha value is -1.20. The number of nitrogens with zero attached hydrogens (tertiary/aromatic N) is 3. The highest BCUT2D eigenvalue weighted by atomic mass is 79.9. The normalized spacial score (nSPS) is 10.6. The molecule has 2 aromatic rings. The lowest BCUT2D eigenvalue weighted by Crippen LogP contribution is -2.15. The van der Waals surface area contributed by atoms with Crippen LogP contribution >= 0.6 is 15.9 Å². The van der Waals surface area contributed by atoms with E-state index in [-0.39, 0.29) is 0 Å². The van der Waals surface area contributed by atoms with E-state index in [1.165, 1.54) is 0 Å². The van der Waals surface area contributed by atoms with Gasteiger partial charge in [-0.25, -0.2) is 4.68 Å². The Morgan fingerprint density at radius 1 is 1.44 bits per heavy atom. The number of benzene rings is 1. The second kappa shape index (κ2) is 5.23. The molecule has 0 radical (unpaired) electrons. The fourth-order valence-electron chi connectivity index (χ4n) is 1.46. The minimum atomic E-state index is 0.774. The second-order valence-corrected chi connectivity index (χ2v) is 4.31. The van der Waals surface area contributed by atoms with Gasteiger partial charge in [-0.15, -0.1) is 5.10 Å². The Kier molecular flexibility index (Phi) is 3.69. The Balaban J connectivity index is 2.29. The van der Waals surface area contributed by atoms with Crippen LogP contribution in [0.2, 0.25) is 0 Å². The van der Waals surface area contributed by atoms with Gasteiger partial charge in [-0.2, -0.15) is 0 Å². The molecular weight excluding hydrogens is 268 g/mol. The third-order valence-corrected chi connectivity index (χ3v) is 2.72. The molecule has 0 saturated carbocycles. The number of halogens is 1. The Labute approximate surface area is 103 Å². The van der Waals surface area contributed by atoms with Crippen molar-refractivity contribution in [3.05, 3.63) is 40.6 Å². The van der Waals surface area contributed by atoms with Gasteiger partial charge in [0.1, 0.15) is 0 Å². The summed E-state index contributed by atoms with van der Waals surface area (Å²) in [6.45, 7) is 3.78. The molecule has 0 amide bonds. The maximum absolute atomic E-state index is 4.09. The molecule has 0 aliphatic carbocycles. The summed E-state index contributed by atoms with van der Waals surface area (Å²) in [6.07, 6.45) is 1.78. The van der Waals surface area contributed by atoms with Gasteiger partial charge in [0.05, 0.1) is 17.6 Å². The molecule has 1 N–H and O–H groups in total. The lowest BCUT2D eigenvalue weighted by molar-refractivity contribution is 0.672. The first-order valence-corrected chi connectivity index (χ1v) is 5.97. The summed E-state index contributed by atoms with van der Waals surface area (Å²) in [6, 6.07) is 8.00. The van der Waals surface area contributed by atoms with Crippen molar-refractivity contribution in [2.24, 2.45) is 0 Å². The molecule has 0 saturated heterocycles. The largest absolute Gasteiger partial charge is 0.311 e. The number of nitrogens with one attached hydrogen (secondary N) is 1. The van der Waals surface area contributed by atoms with Crippen LogP contribution in [0.3, 0.4) is 0 Å². The van der Waals surface area contributed by atoms with E-state index >= 15 is 0 Å². The van der Waals surface area contributed by atoms with E-state index < -0.39 is 0 Å². The SMILES string of the molecule is CCNCc1cnnn1-c1cccc(Br)c1. The molecule has 1 aromatic carbocycles. The van der Waals surface area contributed by atoms with Crippen LogP contribution in [0.15, 0.2) is 34.9 Å². The van der Waals surface area contributed by atoms with E-state index in [2.05, 4.69) is 38.5 Å². The van der Waals surface area contributed by atoms with Gasteiger partial charge < -0.3 is 5.32 Å². The zero-order valence-corrected chi connectivity index (χ0v) is 10.6. The zero-order chi connectivity index (χ0) is 11.4. The maximum Gasteiger partial charge on any atom is 0.0783 e. The molecule has 0 unspecified atom stereocenters. The summed E-state index contributed by atoms with van der Waals surface area (Å²) < 4.78 is 2.88. The van der Waals surface area contributed by atoms with Gasteiger partial charge in [-0.1, -0.05) is 34.1 Å². The van der Waals surface area contributed by atoms with Crippen LogP contribution < -0.4 is 5.32 Å². The molecule has 0 spiro atoms. The van der Waals surface area contributed by atoms with Crippen LogP contribution in [0.25, 0.3) is 5.69 Å². The van der Waals surface area contributed by atoms with Crippen molar-refractivity contribution in [1.29, 1.82) is 0 Å². The fourth-order valence-corrected chi connectivity index (χ4v) is 1.84. The number of aromatic nitrogens is 3. The van der Waals surface area contributed by atoms with E-state index in [1.54, 1.807) is 6.20 Å². The van der Waals surface area contributed by atoms with Crippen LogP contribution in [0.5, 0.6) is 0 Å². The van der Waals surface area contributed by atoms with Gasteiger partial charge in [0, 0.05) is 11.0 Å². The molecule has 0 bridgehead atoms. The van der Waals surface area contributed by atoms with Gasteiger partial charge >= 0.3 is 0 Å². The fraction of sp³-hybridized carbons (Fsp3) is 0.273. The van der Waals surface area contributed by atoms with Crippen molar-refractivity contribution in [1.82, 2.24) is 20.3 Å². The molecule has 1 aromatic heterocycles. The quantitative estimate of drug-likeness (QED) is 0.933. The van der Waals surface area contributed by atoms with Crippen LogP contribution in [0, 0.1) is 0 Å². The molecule has 16 heavy (non-hydrogen) atoms. The second-order valence-electron chi connectivity index (χ2n) is 3.40. The predicted molar refractivity (Wildman–Crippen MR) is 66.4 cm³/mol. The van der Waals surface area contributed by atoms with E-state index in [4.69, 9.17) is 0 Å². The molecule has 84 valence electrons. The molecule has 0 atom stereocenters. The van der Waals surface area contributed by atoms with Gasteiger partial charge in [0.2, 0.25) is 0 Å². The summed E-state index contributed by atoms with van der Waals surface area (Å²) in [5.41, 5.74) is 2.07. The third-order valence-electron chi connectivity index (χ3n) is 2.23. The Morgan fingerprint density at radius 2 is 2.31 bits per heavy atom. The van der Waals surface area contributed by atoms with Crippen molar-refractivity contribution in [2.45, 2.75) is 13.5 Å². The van der Waals surface area contributed by atoms with Gasteiger partial charge in [-0.05, 0) is 24.7 Å². The third kappa shape index (κ3) is 2.48. The summed E-state index contributed by atoms with van der Waals surface area (Å²) in [7, 11) is 0. The van der Waals surface area contributed by atoms with Crippen LogP contribution in [0.4, 0.5) is 0 Å². The Bertz CT molecular complexity index is 467. The van der Waals surface area contributed by atoms with Crippen LogP contribution in [-0.4, -0.2) is 21.5 Å². The molecule has 0 aliphatic heterocycles. The van der Waals surface area contributed by atoms with E-state index in [9.17, 15) is 0 Å². The lowest BCUT2D eigenvalue weighted by atomic mass is 10.3. The standard InChI is InChI=1S/C11H13BrN4/c1-2-13-7-11-8-14-15-16(11)10-5-3-4-9(12)6-10/h3-6,8,13H,2,7H2,1H3. The van der Waals surface area contributed by atoms with Crippen molar-refractivity contribution in [2.75, 3.05) is 6.54 Å². The molecule has 4 nitrogen and oxygen atoms in total. The van der Waals surface area contributed by atoms with Crippen LogP contribution in [0.1, 0.15) is 12.6 Å². The van der Waals surface area contributed by atoms with Crippen molar-refractivity contribution in [3.8, 4) is 5.69 Å². The van der Waals surface area contributed by atoms with Crippen LogP contribution in [-0.2, 0) is 6.54 Å². The molecule has 1 heterocycles. The minimum absolute atomic E-state index is 0.774. The summed E-state index contributed by atoms with van der Waals surface area (Å²) in [5, 5.41) is 11.3.